The van der Waals surface area contributed by atoms with Crippen LogP contribution in [0.1, 0.15) is 15.9 Å². The zero-order chi connectivity index (χ0) is 22.5. The number of amides is 1. The number of nitro groups is 1. The number of nitrogens with zero attached hydrogens (tertiary/aromatic N) is 4. The average molecular weight is 427 g/mol. The van der Waals surface area contributed by atoms with Gasteiger partial charge in [0.25, 0.3) is 11.6 Å². The van der Waals surface area contributed by atoms with Crippen molar-refractivity contribution < 1.29 is 14.8 Å². The lowest BCUT2D eigenvalue weighted by Gasteiger charge is -2.02. The normalized spacial score (nSPS) is 10.9. The molecule has 1 amide bonds. The second kappa shape index (κ2) is 8.92. The van der Waals surface area contributed by atoms with Crippen molar-refractivity contribution in [3.63, 3.8) is 0 Å². The number of non-ortho nitro benzene ring substituents is 1. The molecule has 0 bridgehead atoms. The highest BCUT2D eigenvalue weighted by atomic mass is 16.6. The summed E-state index contributed by atoms with van der Waals surface area (Å²) in [6.45, 7) is 0. The van der Waals surface area contributed by atoms with Gasteiger partial charge in [0.2, 0.25) is 0 Å². The third kappa shape index (κ3) is 4.36. The SMILES string of the molecule is O=C(N/N=C/c1cn(-c2ccccc2)nc1-c1cccc([N+](=O)[O-])c1)c1ccccc1O. The summed E-state index contributed by atoms with van der Waals surface area (Å²) >= 11 is 0. The second-order valence-electron chi connectivity index (χ2n) is 6.74. The second-order valence-corrected chi connectivity index (χ2v) is 6.74. The quantitative estimate of drug-likeness (QED) is 0.274. The molecule has 0 radical (unpaired) electrons. The fourth-order valence-corrected chi connectivity index (χ4v) is 3.07. The van der Waals surface area contributed by atoms with Crippen molar-refractivity contribution in [1.82, 2.24) is 15.2 Å². The van der Waals surface area contributed by atoms with Gasteiger partial charge in [-0.3, -0.25) is 14.9 Å². The van der Waals surface area contributed by atoms with E-state index in [2.05, 4.69) is 15.6 Å². The van der Waals surface area contributed by atoms with Gasteiger partial charge in [-0.15, -0.1) is 0 Å². The van der Waals surface area contributed by atoms with Crippen LogP contribution in [0.5, 0.6) is 5.75 Å². The first-order valence-corrected chi connectivity index (χ1v) is 9.54. The lowest BCUT2D eigenvalue weighted by atomic mass is 10.1. The van der Waals surface area contributed by atoms with Gasteiger partial charge in [0.05, 0.1) is 22.4 Å². The number of phenols is 1. The van der Waals surface area contributed by atoms with Crippen molar-refractivity contribution in [1.29, 1.82) is 0 Å². The van der Waals surface area contributed by atoms with E-state index >= 15 is 0 Å². The zero-order valence-electron chi connectivity index (χ0n) is 16.6. The molecule has 4 rings (SSSR count). The van der Waals surface area contributed by atoms with E-state index in [0.717, 1.165) is 5.69 Å². The van der Waals surface area contributed by atoms with Crippen molar-refractivity contribution in [2.75, 3.05) is 0 Å². The van der Waals surface area contributed by atoms with E-state index in [1.54, 1.807) is 35.1 Å². The number of carbonyl (C=O) groups is 1. The molecule has 1 heterocycles. The minimum Gasteiger partial charge on any atom is -0.507 e. The number of nitrogens with one attached hydrogen (secondary N) is 1. The molecule has 9 heteroatoms. The Bertz CT molecular complexity index is 1310. The monoisotopic (exact) mass is 427 g/mol. The summed E-state index contributed by atoms with van der Waals surface area (Å²) in [6.07, 6.45) is 3.11. The predicted octanol–water partition coefficient (Wildman–Crippen LogP) is 3.92. The van der Waals surface area contributed by atoms with Gasteiger partial charge in [0.15, 0.2) is 0 Å². The van der Waals surface area contributed by atoms with Crippen molar-refractivity contribution in [3.8, 4) is 22.7 Å². The van der Waals surface area contributed by atoms with Crippen LogP contribution >= 0.6 is 0 Å². The van der Waals surface area contributed by atoms with Crippen LogP contribution in [0.25, 0.3) is 16.9 Å². The molecule has 0 atom stereocenters. The molecule has 1 aromatic heterocycles. The van der Waals surface area contributed by atoms with Gasteiger partial charge in [-0.1, -0.05) is 42.5 Å². The topological polar surface area (TPSA) is 123 Å². The van der Waals surface area contributed by atoms with Gasteiger partial charge in [-0.05, 0) is 24.3 Å². The van der Waals surface area contributed by atoms with Crippen LogP contribution in [-0.2, 0) is 0 Å². The van der Waals surface area contributed by atoms with E-state index in [9.17, 15) is 20.0 Å². The van der Waals surface area contributed by atoms with Crippen molar-refractivity contribution in [2.45, 2.75) is 0 Å². The molecule has 0 saturated heterocycles. The van der Waals surface area contributed by atoms with Crippen LogP contribution in [0.3, 0.4) is 0 Å². The molecule has 3 aromatic carbocycles. The molecule has 0 saturated carbocycles. The summed E-state index contributed by atoms with van der Waals surface area (Å²) < 4.78 is 1.63. The Morgan fingerprint density at radius 2 is 1.81 bits per heavy atom. The van der Waals surface area contributed by atoms with E-state index in [0.29, 0.717) is 16.8 Å². The molecule has 32 heavy (non-hydrogen) atoms. The first-order chi connectivity index (χ1) is 15.5. The number of hydrogen-bond donors (Lipinski definition) is 2. The van der Waals surface area contributed by atoms with Gasteiger partial charge in [0, 0.05) is 29.5 Å². The van der Waals surface area contributed by atoms with Crippen molar-refractivity contribution in [2.24, 2.45) is 5.10 Å². The van der Waals surface area contributed by atoms with Crippen molar-refractivity contribution >= 4 is 17.8 Å². The van der Waals surface area contributed by atoms with E-state index in [-0.39, 0.29) is 17.0 Å². The highest BCUT2D eigenvalue weighted by Gasteiger charge is 2.15. The van der Waals surface area contributed by atoms with E-state index in [1.165, 1.54) is 30.5 Å². The summed E-state index contributed by atoms with van der Waals surface area (Å²) in [5.74, 6) is -0.735. The van der Waals surface area contributed by atoms with Crippen LogP contribution in [0.15, 0.2) is 90.2 Å². The van der Waals surface area contributed by atoms with Crippen LogP contribution in [0.2, 0.25) is 0 Å². The summed E-state index contributed by atoms with van der Waals surface area (Å²) in [4.78, 5) is 23.0. The maximum atomic E-state index is 12.3. The average Bonchev–Trinajstić information content (AvgIpc) is 3.24. The van der Waals surface area contributed by atoms with E-state index < -0.39 is 10.8 Å². The van der Waals surface area contributed by atoms with Gasteiger partial charge in [-0.2, -0.15) is 10.2 Å². The lowest BCUT2D eigenvalue weighted by Crippen LogP contribution is -2.17. The van der Waals surface area contributed by atoms with Crippen LogP contribution in [-0.4, -0.2) is 31.9 Å². The maximum Gasteiger partial charge on any atom is 0.275 e. The molecule has 2 N–H and O–H groups in total. The number of para-hydroxylation sites is 2. The molecule has 158 valence electrons. The minimum atomic E-state index is -0.577. The standard InChI is InChI=1S/C23H17N5O4/c29-21-12-5-4-11-20(21)23(30)25-24-14-17-15-27(18-8-2-1-3-9-18)26-22(17)16-7-6-10-19(13-16)28(31)32/h1-15,29H,(H,25,30)/b24-14+. The zero-order valence-corrected chi connectivity index (χ0v) is 16.6. The smallest absolute Gasteiger partial charge is 0.275 e. The fraction of sp³-hybridized carbons (Fsp3) is 0. The molecule has 9 nitrogen and oxygen atoms in total. The first-order valence-electron chi connectivity index (χ1n) is 9.54. The first kappa shape index (κ1) is 20.5. The molecule has 0 aliphatic rings. The van der Waals surface area contributed by atoms with Gasteiger partial charge in [0.1, 0.15) is 11.4 Å². The van der Waals surface area contributed by atoms with Gasteiger partial charge >= 0.3 is 0 Å². The Kier molecular flexibility index (Phi) is 5.71. The molecule has 0 aliphatic carbocycles. The number of phenolic OH excluding ortho intramolecular Hbond substituents is 1. The Hall–Kier alpha value is -4.79. The Labute approximate surface area is 182 Å². The van der Waals surface area contributed by atoms with E-state index in [4.69, 9.17) is 0 Å². The molecule has 0 unspecified atom stereocenters. The molecule has 4 aromatic rings. The number of nitro benzene ring substituents is 1. The number of aromatic nitrogens is 2. The van der Waals surface area contributed by atoms with Crippen LogP contribution in [0.4, 0.5) is 5.69 Å². The lowest BCUT2D eigenvalue weighted by molar-refractivity contribution is -0.384. The highest BCUT2D eigenvalue weighted by Crippen LogP contribution is 2.26. The fourth-order valence-electron chi connectivity index (χ4n) is 3.07. The maximum absolute atomic E-state index is 12.3. The summed E-state index contributed by atoms with van der Waals surface area (Å²) in [7, 11) is 0. The Morgan fingerprint density at radius 1 is 1.06 bits per heavy atom. The summed E-state index contributed by atoms with van der Waals surface area (Å²) in [6, 6.07) is 21.6. The molecular formula is C23H17N5O4. The number of carbonyl (C=O) groups excluding carboxylic acids is 1. The number of aromatic hydroxyl groups is 1. The Balaban J connectivity index is 1.68. The number of hydrazone groups is 1. The highest BCUT2D eigenvalue weighted by molar-refractivity contribution is 5.97. The third-order valence-corrected chi connectivity index (χ3v) is 4.61. The van der Waals surface area contributed by atoms with Crippen molar-refractivity contribution in [3.05, 3.63) is 106 Å². The summed E-state index contributed by atoms with van der Waals surface area (Å²) in [5.41, 5.74) is 4.70. The number of benzene rings is 3. The molecule has 0 aliphatic heterocycles. The number of hydrogen-bond acceptors (Lipinski definition) is 6. The van der Waals surface area contributed by atoms with Crippen LogP contribution < -0.4 is 5.43 Å². The summed E-state index contributed by atoms with van der Waals surface area (Å²) in [5, 5.41) is 29.6. The number of rotatable bonds is 6. The molecule has 0 fully saturated rings. The van der Waals surface area contributed by atoms with E-state index in [1.807, 2.05) is 30.3 Å². The molecule has 0 spiro atoms. The van der Waals surface area contributed by atoms with Gasteiger partial charge in [-0.25, -0.2) is 10.1 Å². The van der Waals surface area contributed by atoms with Crippen LogP contribution in [0, 0.1) is 10.1 Å². The predicted molar refractivity (Wildman–Crippen MR) is 119 cm³/mol. The third-order valence-electron chi connectivity index (χ3n) is 4.61. The largest absolute Gasteiger partial charge is 0.507 e. The van der Waals surface area contributed by atoms with Gasteiger partial charge < -0.3 is 5.11 Å². The Morgan fingerprint density at radius 3 is 2.56 bits per heavy atom. The molecular weight excluding hydrogens is 410 g/mol. The minimum absolute atomic E-state index is 0.0625.